The van der Waals surface area contributed by atoms with Gasteiger partial charge in [0.25, 0.3) is 5.91 Å². The minimum Gasteiger partial charge on any atom is -0.465 e. The molecular formula is C17H22N2O5S3. The summed E-state index contributed by atoms with van der Waals surface area (Å²) in [5.41, 5.74) is 0.336. The van der Waals surface area contributed by atoms with E-state index in [1.807, 2.05) is 0 Å². The third kappa shape index (κ3) is 6.78. The fourth-order valence-corrected chi connectivity index (χ4v) is 4.25. The van der Waals surface area contributed by atoms with Crippen LogP contribution in [0.15, 0.2) is 11.4 Å². The Morgan fingerprint density at radius 2 is 2.07 bits per heavy atom. The van der Waals surface area contributed by atoms with Gasteiger partial charge < -0.3 is 19.7 Å². The van der Waals surface area contributed by atoms with E-state index in [4.69, 9.17) is 17.0 Å². The number of nitrogens with one attached hydrogen (secondary N) is 1. The monoisotopic (exact) mass is 430 g/mol. The number of carbonyl (C=O) groups is 3. The predicted octanol–water partition coefficient (Wildman–Crippen LogP) is 2.77. The molecule has 0 saturated carbocycles. The number of rotatable bonds is 6. The average Bonchev–Trinajstić information content (AvgIpc) is 3.12. The molecule has 2 heterocycles. The van der Waals surface area contributed by atoms with E-state index in [0.29, 0.717) is 15.9 Å². The first-order chi connectivity index (χ1) is 12.9. The highest BCUT2D eigenvalue weighted by molar-refractivity contribution is 8.23. The lowest BCUT2D eigenvalue weighted by molar-refractivity contribution is -0.144. The van der Waals surface area contributed by atoms with Crippen molar-refractivity contribution in [1.82, 2.24) is 4.90 Å². The van der Waals surface area contributed by atoms with Crippen LogP contribution < -0.4 is 5.32 Å². The number of hydrogen-bond acceptors (Lipinski definition) is 8. The maximum atomic E-state index is 11.9. The zero-order valence-corrected chi connectivity index (χ0v) is 17.6. The number of anilines is 1. The summed E-state index contributed by atoms with van der Waals surface area (Å²) in [6.45, 7) is 3.62. The van der Waals surface area contributed by atoms with Gasteiger partial charge in [-0.2, -0.15) is 0 Å². The van der Waals surface area contributed by atoms with Crippen LogP contribution in [0.3, 0.4) is 0 Å². The molecule has 0 unspecified atom stereocenters. The lowest BCUT2D eigenvalue weighted by Crippen LogP contribution is -2.36. The Morgan fingerprint density at radius 3 is 2.74 bits per heavy atom. The van der Waals surface area contributed by atoms with Crippen LogP contribution in [0.5, 0.6) is 0 Å². The summed E-state index contributed by atoms with van der Waals surface area (Å²) >= 11 is 7.76. The molecule has 1 aromatic heterocycles. The molecule has 1 fully saturated rings. The quantitative estimate of drug-likeness (QED) is 0.545. The van der Waals surface area contributed by atoms with Crippen molar-refractivity contribution in [2.45, 2.75) is 19.8 Å². The Labute approximate surface area is 171 Å². The highest BCUT2D eigenvalue weighted by atomic mass is 32.2. The first kappa shape index (κ1) is 21.6. The summed E-state index contributed by atoms with van der Waals surface area (Å²) in [6.07, 6.45) is 2.20. The van der Waals surface area contributed by atoms with Crippen molar-refractivity contribution in [2.75, 3.05) is 37.9 Å². The van der Waals surface area contributed by atoms with Crippen LogP contribution in [0, 0.1) is 5.92 Å². The molecule has 0 radical (unpaired) electrons. The van der Waals surface area contributed by atoms with Gasteiger partial charge >= 0.3 is 11.9 Å². The smallest absolute Gasteiger partial charge is 0.350 e. The molecule has 1 aliphatic rings. The molecule has 27 heavy (non-hydrogen) atoms. The van der Waals surface area contributed by atoms with Crippen molar-refractivity contribution in [3.05, 3.63) is 16.3 Å². The first-order valence-electron chi connectivity index (χ1n) is 8.43. The number of esters is 2. The number of thioether (sulfide) groups is 1. The minimum atomic E-state index is -0.533. The lowest BCUT2D eigenvalue weighted by Gasteiger charge is -2.31. The van der Waals surface area contributed by atoms with E-state index >= 15 is 0 Å². The van der Waals surface area contributed by atoms with Gasteiger partial charge in [0.05, 0.1) is 18.6 Å². The highest BCUT2D eigenvalue weighted by Gasteiger charge is 2.20. The Bertz CT molecular complexity index is 698. The second kappa shape index (κ2) is 10.6. The molecule has 10 heteroatoms. The van der Waals surface area contributed by atoms with Crippen LogP contribution in [-0.2, 0) is 19.1 Å². The van der Waals surface area contributed by atoms with E-state index in [0.717, 1.165) is 37.3 Å². The standard InChI is InChI=1S/C17H22N2O5S3/c1-11-3-6-19(7-4-11)17(25)27-10-14(21)24-9-13(20)18-12-5-8-26-15(12)16(22)23-2/h5,8,11H,3-4,6-7,9-10H2,1-2H3,(H,18,20). The van der Waals surface area contributed by atoms with Crippen LogP contribution in [-0.4, -0.2) is 59.6 Å². The van der Waals surface area contributed by atoms with E-state index in [-0.39, 0.29) is 10.6 Å². The van der Waals surface area contributed by atoms with Crippen LogP contribution in [0.25, 0.3) is 0 Å². The highest BCUT2D eigenvalue weighted by Crippen LogP contribution is 2.23. The van der Waals surface area contributed by atoms with Crippen molar-refractivity contribution >= 4 is 63.2 Å². The topological polar surface area (TPSA) is 84.9 Å². The van der Waals surface area contributed by atoms with Crippen LogP contribution in [0.2, 0.25) is 0 Å². The van der Waals surface area contributed by atoms with Gasteiger partial charge in [-0.1, -0.05) is 30.9 Å². The Hall–Kier alpha value is -1.65. The maximum Gasteiger partial charge on any atom is 0.350 e. The van der Waals surface area contributed by atoms with Crippen molar-refractivity contribution < 1.29 is 23.9 Å². The summed E-state index contributed by atoms with van der Waals surface area (Å²) in [5, 5.41) is 4.19. The second-order valence-electron chi connectivity index (χ2n) is 6.09. The number of carbonyl (C=O) groups excluding carboxylic acids is 3. The molecule has 2 rings (SSSR count). The molecule has 1 aromatic rings. The summed E-state index contributed by atoms with van der Waals surface area (Å²) in [6, 6.07) is 1.59. The molecule has 0 aliphatic carbocycles. The van der Waals surface area contributed by atoms with Gasteiger partial charge in [-0.05, 0) is 30.2 Å². The number of ether oxygens (including phenoxy) is 2. The number of methoxy groups -OCH3 is 1. The molecule has 1 aliphatic heterocycles. The number of likely N-dealkylation sites (tertiary alicyclic amines) is 1. The van der Waals surface area contributed by atoms with E-state index in [9.17, 15) is 14.4 Å². The van der Waals surface area contributed by atoms with Crippen molar-refractivity contribution in [3.63, 3.8) is 0 Å². The van der Waals surface area contributed by atoms with Gasteiger partial charge in [-0.15, -0.1) is 11.3 Å². The van der Waals surface area contributed by atoms with Gasteiger partial charge in [-0.3, -0.25) is 9.59 Å². The zero-order chi connectivity index (χ0) is 19.8. The molecule has 0 spiro atoms. The van der Waals surface area contributed by atoms with E-state index in [1.165, 1.54) is 18.9 Å². The van der Waals surface area contributed by atoms with Gasteiger partial charge in [0.2, 0.25) is 0 Å². The van der Waals surface area contributed by atoms with Gasteiger partial charge in [0.15, 0.2) is 6.61 Å². The summed E-state index contributed by atoms with van der Waals surface area (Å²) in [4.78, 5) is 37.7. The van der Waals surface area contributed by atoms with Gasteiger partial charge in [-0.25, -0.2) is 4.79 Å². The molecule has 1 N–H and O–H groups in total. The maximum absolute atomic E-state index is 11.9. The number of amides is 1. The average molecular weight is 431 g/mol. The lowest BCUT2D eigenvalue weighted by atomic mass is 10.00. The Balaban J connectivity index is 1.69. The normalized spacial score (nSPS) is 14.5. The summed E-state index contributed by atoms with van der Waals surface area (Å²) in [5.74, 6) is -0.801. The molecule has 1 amide bonds. The first-order valence-corrected chi connectivity index (χ1v) is 10.7. The third-order valence-electron chi connectivity index (χ3n) is 4.03. The van der Waals surface area contributed by atoms with E-state index < -0.39 is 24.5 Å². The second-order valence-corrected chi connectivity index (χ2v) is 8.61. The minimum absolute atomic E-state index is 0.0596. The SMILES string of the molecule is COC(=O)c1sccc1NC(=O)COC(=O)CSC(=S)N1CCC(C)CC1. The van der Waals surface area contributed by atoms with Crippen molar-refractivity contribution in [3.8, 4) is 0 Å². The number of thiocarbonyl (C=S) groups is 1. The van der Waals surface area contributed by atoms with E-state index in [1.54, 1.807) is 11.4 Å². The Morgan fingerprint density at radius 1 is 1.37 bits per heavy atom. The zero-order valence-electron chi connectivity index (χ0n) is 15.2. The molecule has 0 atom stereocenters. The third-order valence-corrected chi connectivity index (χ3v) is 6.42. The summed E-state index contributed by atoms with van der Waals surface area (Å²) in [7, 11) is 1.27. The molecule has 1 saturated heterocycles. The van der Waals surface area contributed by atoms with Crippen LogP contribution in [0.4, 0.5) is 5.69 Å². The van der Waals surface area contributed by atoms with Gasteiger partial charge in [0.1, 0.15) is 9.20 Å². The summed E-state index contributed by atoms with van der Waals surface area (Å²) < 4.78 is 10.3. The predicted molar refractivity (Wildman–Crippen MR) is 110 cm³/mol. The molecule has 148 valence electrons. The number of hydrogen-bond donors (Lipinski definition) is 1. The molecule has 0 bridgehead atoms. The number of thiophene rings is 1. The molecular weight excluding hydrogens is 408 g/mol. The molecule has 7 nitrogen and oxygen atoms in total. The molecule has 0 aromatic carbocycles. The van der Waals surface area contributed by atoms with Crippen molar-refractivity contribution in [2.24, 2.45) is 5.92 Å². The Kier molecular flexibility index (Phi) is 8.52. The fraction of sp³-hybridized carbons (Fsp3) is 0.529. The van der Waals surface area contributed by atoms with E-state index in [2.05, 4.69) is 21.9 Å². The van der Waals surface area contributed by atoms with Crippen molar-refractivity contribution in [1.29, 1.82) is 0 Å². The number of nitrogens with zero attached hydrogens (tertiary/aromatic N) is 1. The largest absolute Gasteiger partial charge is 0.465 e. The number of piperidine rings is 1. The van der Waals surface area contributed by atoms with Gasteiger partial charge in [0, 0.05) is 13.1 Å². The van der Waals surface area contributed by atoms with Crippen LogP contribution >= 0.6 is 35.3 Å². The fourth-order valence-electron chi connectivity index (χ4n) is 2.44. The van der Waals surface area contributed by atoms with Crippen LogP contribution in [0.1, 0.15) is 29.4 Å².